The zero-order valence-electron chi connectivity index (χ0n) is 8.10. The van der Waals surface area contributed by atoms with Crippen LogP contribution in [-0.2, 0) is 6.54 Å². The van der Waals surface area contributed by atoms with E-state index in [-0.39, 0.29) is 0 Å². The maximum absolute atomic E-state index is 6.02. The third-order valence-corrected chi connectivity index (χ3v) is 3.14. The molecule has 0 saturated carbocycles. The molecule has 1 nitrogen and oxygen atoms in total. The van der Waals surface area contributed by atoms with Crippen molar-refractivity contribution in [2.24, 2.45) is 0 Å². The predicted molar refractivity (Wildman–Crippen MR) is 71.3 cm³/mol. The number of nitrogens with one attached hydrogen (secondary N) is 1. The van der Waals surface area contributed by atoms with Gasteiger partial charge in [0.25, 0.3) is 0 Å². The highest BCUT2D eigenvalue weighted by Crippen LogP contribution is 2.14. The lowest BCUT2D eigenvalue weighted by Crippen LogP contribution is -2.14. The van der Waals surface area contributed by atoms with Crippen LogP contribution >= 0.6 is 34.2 Å². The van der Waals surface area contributed by atoms with Gasteiger partial charge >= 0.3 is 0 Å². The molecular formula is C11H15ClIN. The van der Waals surface area contributed by atoms with Crippen LogP contribution in [-0.4, -0.2) is 11.0 Å². The van der Waals surface area contributed by atoms with Crippen molar-refractivity contribution < 1.29 is 0 Å². The van der Waals surface area contributed by atoms with Gasteiger partial charge in [0.05, 0.1) is 0 Å². The van der Waals surface area contributed by atoms with Gasteiger partial charge in [0.15, 0.2) is 0 Å². The number of alkyl halides is 1. The van der Waals surface area contributed by atoms with Gasteiger partial charge in [0.1, 0.15) is 0 Å². The second-order valence-electron chi connectivity index (χ2n) is 3.16. The number of halogens is 2. The van der Waals surface area contributed by atoms with Crippen molar-refractivity contribution >= 4 is 34.2 Å². The Kier molecular flexibility index (Phi) is 6.56. The van der Waals surface area contributed by atoms with Crippen LogP contribution in [0.3, 0.4) is 0 Å². The van der Waals surface area contributed by atoms with E-state index in [1.165, 1.54) is 22.8 Å². The van der Waals surface area contributed by atoms with E-state index >= 15 is 0 Å². The third kappa shape index (κ3) is 4.62. The van der Waals surface area contributed by atoms with E-state index in [4.69, 9.17) is 11.6 Å². The van der Waals surface area contributed by atoms with E-state index in [2.05, 4.69) is 34.0 Å². The first-order chi connectivity index (χ1) is 6.84. The second-order valence-corrected chi connectivity index (χ2v) is 4.65. The normalized spacial score (nSPS) is 10.4. The topological polar surface area (TPSA) is 12.0 Å². The highest BCUT2D eigenvalue weighted by atomic mass is 127. The van der Waals surface area contributed by atoms with E-state index in [9.17, 15) is 0 Å². The van der Waals surface area contributed by atoms with Crippen LogP contribution in [0, 0.1) is 0 Å². The zero-order valence-corrected chi connectivity index (χ0v) is 11.0. The molecule has 78 valence electrons. The summed E-state index contributed by atoms with van der Waals surface area (Å²) in [7, 11) is 0. The molecule has 0 aliphatic carbocycles. The fraction of sp³-hybridized carbons (Fsp3) is 0.455. The summed E-state index contributed by atoms with van der Waals surface area (Å²) in [6.45, 7) is 1.95. The van der Waals surface area contributed by atoms with Gasteiger partial charge in [-0.3, -0.25) is 0 Å². The number of hydrogen-bond acceptors (Lipinski definition) is 1. The van der Waals surface area contributed by atoms with Crippen LogP contribution in [0.1, 0.15) is 18.4 Å². The molecular weight excluding hydrogens is 308 g/mol. The Bertz CT molecular complexity index is 265. The van der Waals surface area contributed by atoms with Crippen molar-refractivity contribution in [3.05, 3.63) is 34.9 Å². The summed E-state index contributed by atoms with van der Waals surface area (Å²) in [4.78, 5) is 0. The minimum Gasteiger partial charge on any atom is -0.313 e. The molecule has 0 aromatic heterocycles. The van der Waals surface area contributed by atoms with Crippen molar-refractivity contribution in [2.75, 3.05) is 11.0 Å². The fourth-order valence-electron chi connectivity index (χ4n) is 1.21. The molecule has 1 aromatic carbocycles. The molecule has 0 fully saturated rings. The molecule has 14 heavy (non-hydrogen) atoms. The van der Waals surface area contributed by atoms with Crippen molar-refractivity contribution in [3.63, 3.8) is 0 Å². The smallest absolute Gasteiger partial charge is 0.0450 e. The molecule has 1 N–H and O–H groups in total. The van der Waals surface area contributed by atoms with Gasteiger partial charge in [-0.2, -0.15) is 0 Å². The molecule has 3 heteroatoms. The lowest BCUT2D eigenvalue weighted by atomic mass is 10.2. The molecule has 0 radical (unpaired) electrons. The molecule has 0 amide bonds. The first-order valence-corrected chi connectivity index (χ1v) is 6.75. The van der Waals surface area contributed by atoms with E-state index in [1.54, 1.807) is 0 Å². The monoisotopic (exact) mass is 323 g/mol. The average molecular weight is 324 g/mol. The highest BCUT2D eigenvalue weighted by molar-refractivity contribution is 14.1. The van der Waals surface area contributed by atoms with Gasteiger partial charge in [-0.1, -0.05) is 52.4 Å². The summed E-state index contributed by atoms with van der Waals surface area (Å²) in [6.07, 6.45) is 2.53. The van der Waals surface area contributed by atoms with Crippen molar-refractivity contribution in [1.82, 2.24) is 5.32 Å². The number of unbranched alkanes of at least 4 members (excludes halogenated alkanes) is 1. The van der Waals surface area contributed by atoms with Crippen molar-refractivity contribution in [3.8, 4) is 0 Å². The van der Waals surface area contributed by atoms with Crippen LogP contribution in [0.15, 0.2) is 24.3 Å². The van der Waals surface area contributed by atoms with Crippen LogP contribution in [0.25, 0.3) is 0 Å². The molecule has 0 bridgehead atoms. The lowest BCUT2D eigenvalue weighted by Gasteiger charge is -2.05. The largest absolute Gasteiger partial charge is 0.313 e. The lowest BCUT2D eigenvalue weighted by molar-refractivity contribution is 0.646. The maximum atomic E-state index is 6.02. The summed E-state index contributed by atoms with van der Waals surface area (Å²) >= 11 is 8.43. The van der Waals surface area contributed by atoms with E-state index in [1.807, 2.05) is 18.2 Å². The quantitative estimate of drug-likeness (QED) is 0.479. The van der Waals surface area contributed by atoms with Gasteiger partial charge in [-0.25, -0.2) is 0 Å². The Labute approximate surface area is 104 Å². The Balaban J connectivity index is 2.21. The van der Waals surface area contributed by atoms with Crippen LogP contribution in [0.2, 0.25) is 5.02 Å². The Hall–Kier alpha value is 0.200. The first kappa shape index (κ1) is 12.3. The minimum atomic E-state index is 0.855. The van der Waals surface area contributed by atoms with Crippen molar-refractivity contribution in [1.29, 1.82) is 0 Å². The Morgan fingerprint density at radius 3 is 2.71 bits per heavy atom. The number of rotatable bonds is 6. The van der Waals surface area contributed by atoms with Gasteiger partial charge < -0.3 is 5.32 Å². The summed E-state index contributed by atoms with van der Waals surface area (Å²) < 4.78 is 1.24. The SMILES string of the molecule is Clc1ccccc1CNCCCCI. The molecule has 1 rings (SSSR count). The molecule has 0 unspecified atom stereocenters. The number of hydrogen-bond donors (Lipinski definition) is 1. The van der Waals surface area contributed by atoms with E-state index in [0.717, 1.165) is 18.1 Å². The minimum absolute atomic E-state index is 0.855. The van der Waals surface area contributed by atoms with Gasteiger partial charge in [0, 0.05) is 11.6 Å². The molecule has 0 saturated heterocycles. The maximum Gasteiger partial charge on any atom is 0.0450 e. The van der Waals surface area contributed by atoms with Crippen LogP contribution in [0.4, 0.5) is 0 Å². The second kappa shape index (κ2) is 7.49. The molecule has 0 aliphatic rings. The predicted octanol–water partition coefficient (Wildman–Crippen LogP) is 3.64. The molecule has 0 aliphatic heterocycles. The average Bonchev–Trinajstić information content (AvgIpc) is 2.20. The number of benzene rings is 1. The molecule has 0 atom stereocenters. The molecule has 0 spiro atoms. The van der Waals surface area contributed by atoms with Crippen LogP contribution in [0.5, 0.6) is 0 Å². The Morgan fingerprint density at radius 2 is 2.00 bits per heavy atom. The zero-order chi connectivity index (χ0) is 10.2. The summed E-state index contributed by atoms with van der Waals surface area (Å²) in [5.41, 5.74) is 1.18. The van der Waals surface area contributed by atoms with Crippen LogP contribution < -0.4 is 5.32 Å². The summed E-state index contributed by atoms with van der Waals surface area (Å²) in [5.74, 6) is 0. The fourth-order valence-corrected chi connectivity index (χ4v) is 1.95. The van der Waals surface area contributed by atoms with E-state index < -0.39 is 0 Å². The van der Waals surface area contributed by atoms with Gasteiger partial charge in [-0.15, -0.1) is 0 Å². The summed E-state index contributed by atoms with van der Waals surface area (Å²) in [5, 5.41) is 4.24. The highest BCUT2D eigenvalue weighted by Gasteiger charge is 1.96. The summed E-state index contributed by atoms with van der Waals surface area (Å²) in [6, 6.07) is 7.98. The third-order valence-electron chi connectivity index (χ3n) is 2.01. The standard InChI is InChI=1S/C11H15ClIN/c12-11-6-2-1-5-10(11)9-14-8-4-3-7-13/h1-2,5-6,14H,3-4,7-9H2. The first-order valence-electron chi connectivity index (χ1n) is 4.84. The van der Waals surface area contributed by atoms with Gasteiger partial charge in [-0.05, 0) is 35.4 Å². The molecule has 1 aromatic rings. The molecule has 0 heterocycles. The van der Waals surface area contributed by atoms with E-state index in [0.29, 0.717) is 0 Å². The van der Waals surface area contributed by atoms with Gasteiger partial charge in [0.2, 0.25) is 0 Å². The van der Waals surface area contributed by atoms with Crippen molar-refractivity contribution in [2.45, 2.75) is 19.4 Å². The Morgan fingerprint density at radius 1 is 1.21 bits per heavy atom.